The topological polar surface area (TPSA) is 0 Å². The number of benzene rings is 4. The van der Waals surface area contributed by atoms with E-state index in [0.717, 1.165) is 12.8 Å². The molecule has 0 aliphatic carbocycles. The Balaban J connectivity index is 0.000000292. The van der Waals surface area contributed by atoms with Gasteiger partial charge in [-0.2, -0.15) is 12.1 Å². The van der Waals surface area contributed by atoms with Gasteiger partial charge in [0.15, 0.2) is 0 Å². The molecule has 0 bridgehead atoms. The number of aryl methyl sites for hydroxylation is 2. The van der Waals surface area contributed by atoms with Gasteiger partial charge in [0.05, 0.1) is 0 Å². The monoisotopic (exact) mass is 726 g/mol. The second-order valence-corrected chi connectivity index (χ2v) is 13.7. The van der Waals surface area contributed by atoms with Crippen molar-refractivity contribution in [3.8, 4) is 22.3 Å². The van der Waals surface area contributed by atoms with Gasteiger partial charge in [-0.25, -0.2) is 0 Å². The molecule has 0 amide bonds. The van der Waals surface area contributed by atoms with Crippen LogP contribution in [0.3, 0.4) is 0 Å². The molecule has 6 rings (SSSR count). The van der Waals surface area contributed by atoms with E-state index in [4.69, 9.17) is 0 Å². The molecule has 0 heterocycles. The first-order valence-corrected chi connectivity index (χ1v) is 17.7. The molecule has 0 saturated carbocycles. The molecule has 0 atom stereocenters. The van der Waals surface area contributed by atoms with Crippen LogP contribution in [0.4, 0.5) is 0 Å². The van der Waals surface area contributed by atoms with E-state index in [1.807, 2.05) is 0 Å². The Bertz CT molecular complexity index is 1670. The van der Waals surface area contributed by atoms with Crippen molar-refractivity contribution in [2.24, 2.45) is 0 Å². The zero-order valence-electron chi connectivity index (χ0n) is 28.8. The minimum atomic E-state index is 0. The number of rotatable bonds is 4. The molecule has 0 spiro atoms. The van der Waals surface area contributed by atoms with Crippen LogP contribution in [0, 0.1) is 0 Å². The van der Waals surface area contributed by atoms with Crippen LogP contribution in [0.1, 0.15) is 77.6 Å². The fraction of sp³-hybridized carbons (Fsp3) is 0.279. The zero-order chi connectivity index (χ0) is 32.1. The van der Waals surface area contributed by atoms with Gasteiger partial charge in [-0.1, -0.05) is 127 Å². The maximum absolute atomic E-state index is 3.34. The number of halogens is 2. The summed E-state index contributed by atoms with van der Waals surface area (Å²) in [6, 6.07) is 40.6. The summed E-state index contributed by atoms with van der Waals surface area (Å²) in [7, 11) is 0. The molecule has 0 aliphatic rings. The molecule has 0 saturated heterocycles. The van der Waals surface area contributed by atoms with Crippen molar-refractivity contribution >= 4 is 50.6 Å². The SMILES string of the molecule is CCc1cc2c(-c3ccc(C(C)(C)C)cc3)cccc2[cH-]1.CCc1cc2c(-c3ccc(C(C)(C)C)cc3)cccc2[cH-]1.Cl.Cl.[CH2]=[Zr+2]. The fourth-order valence-electron chi connectivity index (χ4n) is 5.80. The standard InChI is InChI=1S/2C21H23.CH2.2ClH.Zr/c2*1-5-15-13-17-7-6-8-19(20(17)14-15)16-9-11-18(12-10-16)21(2,3)4;;;;/h2*6-14H,5H2,1-4H3;1H2;2*1H;/q2*-1;;;;+2. The predicted octanol–water partition coefficient (Wildman–Crippen LogP) is 13.0. The van der Waals surface area contributed by atoms with Crippen LogP contribution in [-0.4, -0.2) is 4.21 Å². The molecule has 6 aromatic rings. The molecule has 0 N–H and O–H groups in total. The Hall–Kier alpha value is -2.57. The summed E-state index contributed by atoms with van der Waals surface area (Å²) in [6.45, 7) is 18.0. The van der Waals surface area contributed by atoms with E-state index >= 15 is 0 Å². The molecule has 240 valence electrons. The second-order valence-electron chi connectivity index (χ2n) is 13.7. The molecule has 0 unspecified atom stereocenters. The van der Waals surface area contributed by atoms with Crippen LogP contribution in [0.15, 0.2) is 109 Å². The van der Waals surface area contributed by atoms with E-state index in [0.29, 0.717) is 0 Å². The van der Waals surface area contributed by atoms with E-state index in [1.165, 1.54) is 90.3 Å². The molecular weight excluding hydrogens is 679 g/mol. The van der Waals surface area contributed by atoms with Crippen molar-refractivity contribution < 1.29 is 24.2 Å². The summed E-state index contributed by atoms with van der Waals surface area (Å²) >= 11 is 1.30. The van der Waals surface area contributed by atoms with E-state index in [1.54, 1.807) is 0 Å². The summed E-state index contributed by atoms with van der Waals surface area (Å²) in [5, 5.41) is 5.45. The van der Waals surface area contributed by atoms with E-state index in [9.17, 15) is 0 Å². The third kappa shape index (κ3) is 9.28. The average molecular weight is 729 g/mol. The molecule has 0 nitrogen and oxygen atoms in total. The summed E-state index contributed by atoms with van der Waals surface area (Å²) in [6.07, 6.45) is 2.19. The summed E-state index contributed by atoms with van der Waals surface area (Å²) in [5.41, 5.74) is 11.3. The molecule has 46 heavy (non-hydrogen) atoms. The molecule has 6 aromatic carbocycles. The van der Waals surface area contributed by atoms with Crippen LogP contribution < -0.4 is 0 Å². The number of fused-ring (bicyclic) bond motifs is 2. The van der Waals surface area contributed by atoms with Gasteiger partial charge >= 0.3 is 28.4 Å². The normalized spacial score (nSPS) is 11.1. The quantitative estimate of drug-likeness (QED) is 0.159. The molecule has 0 fully saturated rings. The van der Waals surface area contributed by atoms with Crippen LogP contribution in [-0.2, 0) is 47.9 Å². The van der Waals surface area contributed by atoms with Crippen molar-refractivity contribution in [2.45, 2.75) is 79.1 Å². The van der Waals surface area contributed by atoms with Crippen molar-refractivity contribution in [1.29, 1.82) is 0 Å². The van der Waals surface area contributed by atoms with Gasteiger partial charge in [-0.05, 0) is 45.9 Å². The Morgan fingerprint density at radius 1 is 0.522 bits per heavy atom. The summed E-state index contributed by atoms with van der Waals surface area (Å²) in [5.74, 6) is 0. The average Bonchev–Trinajstić information content (AvgIpc) is 3.66. The predicted molar refractivity (Wildman–Crippen MR) is 208 cm³/mol. The number of hydrogen-bond acceptors (Lipinski definition) is 0. The van der Waals surface area contributed by atoms with E-state index in [-0.39, 0.29) is 35.6 Å². The molecule has 0 aromatic heterocycles. The van der Waals surface area contributed by atoms with Gasteiger partial charge in [-0.15, -0.1) is 93.9 Å². The van der Waals surface area contributed by atoms with Crippen LogP contribution >= 0.6 is 24.8 Å². The van der Waals surface area contributed by atoms with Gasteiger partial charge in [0.1, 0.15) is 0 Å². The van der Waals surface area contributed by atoms with Crippen molar-refractivity contribution in [3.05, 3.63) is 131 Å². The van der Waals surface area contributed by atoms with Gasteiger partial charge in [0.25, 0.3) is 0 Å². The van der Waals surface area contributed by atoms with Crippen molar-refractivity contribution in [1.82, 2.24) is 0 Å². The van der Waals surface area contributed by atoms with Crippen molar-refractivity contribution in [3.63, 3.8) is 0 Å². The van der Waals surface area contributed by atoms with Gasteiger partial charge in [0, 0.05) is 0 Å². The van der Waals surface area contributed by atoms with Gasteiger partial charge < -0.3 is 0 Å². The molecule has 3 heteroatoms. The Morgan fingerprint density at radius 3 is 1.13 bits per heavy atom. The fourth-order valence-corrected chi connectivity index (χ4v) is 5.80. The summed E-state index contributed by atoms with van der Waals surface area (Å²) in [4.78, 5) is 0. The number of hydrogen-bond donors (Lipinski definition) is 0. The maximum atomic E-state index is 3.34. The molecule has 0 aliphatic heterocycles. The second kappa shape index (κ2) is 17.0. The van der Waals surface area contributed by atoms with E-state index in [2.05, 4.69) is 169 Å². The van der Waals surface area contributed by atoms with Crippen molar-refractivity contribution in [2.75, 3.05) is 0 Å². The third-order valence-corrected chi connectivity index (χ3v) is 8.56. The molecular formula is C43H50Cl2Zr. The van der Waals surface area contributed by atoms with Gasteiger partial charge in [-0.3, -0.25) is 0 Å². The first-order chi connectivity index (χ1) is 21.0. The minimum absolute atomic E-state index is 0. The molecule has 0 radical (unpaired) electrons. The van der Waals surface area contributed by atoms with Crippen LogP contribution in [0.5, 0.6) is 0 Å². The Kier molecular flexibility index (Phi) is 14.7. The Labute approximate surface area is 305 Å². The Morgan fingerprint density at radius 2 is 0.848 bits per heavy atom. The first-order valence-electron chi connectivity index (χ1n) is 15.9. The van der Waals surface area contributed by atoms with Crippen LogP contribution in [0.2, 0.25) is 0 Å². The third-order valence-electron chi connectivity index (χ3n) is 8.56. The van der Waals surface area contributed by atoms with Gasteiger partial charge in [0.2, 0.25) is 0 Å². The van der Waals surface area contributed by atoms with E-state index < -0.39 is 0 Å². The zero-order valence-corrected chi connectivity index (χ0v) is 32.9. The van der Waals surface area contributed by atoms with Crippen LogP contribution in [0.25, 0.3) is 43.8 Å². The first kappa shape index (κ1) is 39.6. The summed E-state index contributed by atoms with van der Waals surface area (Å²) < 4.78 is 3.34.